The Hall–Kier alpha value is -3.41. The van der Waals surface area contributed by atoms with E-state index in [1.54, 1.807) is 11.8 Å². The number of methoxy groups -OCH3 is 1. The Morgan fingerprint density at radius 2 is 1.22 bits per heavy atom. The van der Waals surface area contributed by atoms with Crippen molar-refractivity contribution in [2.45, 2.75) is 92.3 Å². The van der Waals surface area contributed by atoms with E-state index in [-0.39, 0.29) is 5.91 Å². The lowest BCUT2D eigenvalue weighted by Gasteiger charge is -2.41. The van der Waals surface area contributed by atoms with Crippen LogP contribution in [-0.4, -0.2) is 152 Å². The molecular formula is C37H43NO12. The number of nitrogens with zero attached hydrogens (tertiary/aromatic N) is 1. The number of ether oxygens (including phenoxy) is 3. The summed E-state index contributed by atoms with van der Waals surface area (Å²) in [7, 11) is 1.50. The lowest BCUT2D eigenvalue weighted by molar-refractivity contribution is -0.214. The molecule has 4 aliphatic rings. The number of piperidine rings is 1. The number of rotatable bonds is 4. The third-order valence-electron chi connectivity index (χ3n) is 10.5. The SMILES string of the molecule is COC(C)C(=O)N1CCC2(CC1)c1cc(C#C[C@H]3O[C@H](CO)[C@@H](O)[C@H](O)[C@@H]3O)ccc1-c1ccc(C#C[C@H]3O[C@H](CO)[C@@H](O)[C@H](O)[C@@H]3O)cc12. The molecule has 1 aliphatic carbocycles. The summed E-state index contributed by atoms with van der Waals surface area (Å²) in [5.74, 6) is 11.7. The normalized spacial score (nSPS) is 33.4. The number of likely N-dealkylation sites (tertiary alicyclic amines) is 1. The van der Waals surface area contributed by atoms with Crippen LogP contribution in [0.2, 0.25) is 0 Å². The summed E-state index contributed by atoms with van der Waals surface area (Å²) in [4.78, 5) is 14.8. The van der Waals surface area contributed by atoms with Gasteiger partial charge >= 0.3 is 0 Å². The van der Waals surface area contributed by atoms with Crippen LogP contribution in [0.5, 0.6) is 0 Å². The zero-order valence-electron chi connectivity index (χ0n) is 27.7. The molecule has 3 heterocycles. The van der Waals surface area contributed by atoms with Gasteiger partial charge in [0.1, 0.15) is 67.1 Å². The van der Waals surface area contributed by atoms with Crippen molar-refractivity contribution in [3.63, 3.8) is 0 Å². The summed E-state index contributed by atoms with van der Waals surface area (Å²) < 4.78 is 16.4. The Morgan fingerprint density at radius 1 is 0.780 bits per heavy atom. The number of aliphatic hydroxyl groups excluding tert-OH is 8. The maximum atomic E-state index is 13.0. The number of aliphatic hydroxyl groups is 8. The van der Waals surface area contributed by atoms with Crippen LogP contribution < -0.4 is 0 Å². The molecule has 0 radical (unpaired) electrons. The number of carbonyl (C=O) groups is 1. The molecule has 8 N–H and O–H groups in total. The zero-order valence-corrected chi connectivity index (χ0v) is 27.7. The number of benzene rings is 2. The molecule has 0 aromatic heterocycles. The van der Waals surface area contributed by atoms with Crippen molar-refractivity contribution in [1.29, 1.82) is 0 Å². The van der Waals surface area contributed by atoms with Gasteiger partial charge in [-0.25, -0.2) is 0 Å². The monoisotopic (exact) mass is 693 g/mol. The fourth-order valence-electron chi connectivity index (χ4n) is 7.41. The van der Waals surface area contributed by atoms with Gasteiger partial charge in [0.15, 0.2) is 0 Å². The van der Waals surface area contributed by atoms with Crippen LogP contribution in [0.15, 0.2) is 36.4 Å². The summed E-state index contributed by atoms with van der Waals surface area (Å²) in [6.07, 6.45) is -12.9. The third kappa shape index (κ3) is 6.45. The molecule has 50 heavy (non-hydrogen) atoms. The average molecular weight is 694 g/mol. The first-order valence-corrected chi connectivity index (χ1v) is 16.7. The molecule has 3 fully saturated rings. The molecule has 6 rings (SSSR count). The van der Waals surface area contributed by atoms with E-state index < -0.39 is 85.8 Å². The van der Waals surface area contributed by atoms with E-state index in [4.69, 9.17) is 14.2 Å². The molecule has 13 nitrogen and oxygen atoms in total. The highest BCUT2D eigenvalue weighted by atomic mass is 16.6. The molecule has 1 spiro atoms. The molecule has 11 atom stereocenters. The molecule has 0 saturated carbocycles. The van der Waals surface area contributed by atoms with Crippen molar-refractivity contribution in [2.24, 2.45) is 0 Å². The van der Waals surface area contributed by atoms with Gasteiger partial charge in [-0.1, -0.05) is 35.8 Å². The largest absolute Gasteiger partial charge is 0.394 e. The van der Waals surface area contributed by atoms with E-state index in [2.05, 4.69) is 23.7 Å². The number of fused-ring (bicyclic) bond motifs is 5. The Bertz CT molecular complexity index is 1590. The van der Waals surface area contributed by atoms with Crippen LogP contribution in [0.25, 0.3) is 11.1 Å². The summed E-state index contributed by atoms with van der Waals surface area (Å²) in [6.45, 7) is 1.54. The maximum Gasteiger partial charge on any atom is 0.251 e. The molecule has 0 bridgehead atoms. The van der Waals surface area contributed by atoms with Gasteiger partial charge in [-0.05, 0) is 66.3 Å². The first-order chi connectivity index (χ1) is 23.9. The Balaban J connectivity index is 1.34. The van der Waals surface area contributed by atoms with Gasteiger partial charge in [0.25, 0.3) is 5.91 Å². The van der Waals surface area contributed by atoms with Gasteiger partial charge < -0.3 is 60.0 Å². The highest BCUT2D eigenvalue weighted by Gasteiger charge is 2.47. The fraction of sp³-hybridized carbons (Fsp3) is 0.541. The van der Waals surface area contributed by atoms with E-state index in [0.29, 0.717) is 37.1 Å². The van der Waals surface area contributed by atoms with Gasteiger partial charge in [-0.3, -0.25) is 4.79 Å². The van der Waals surface area contributed by atoms with E-state index in [1.807, 2.05) is 36.4 Å². The first-order valence-electron chi connectivity index (χ1n) is 16.7. The topological polar surface area (TPSA) is 210 Å². The second-order valence-corrected chi connectivity index (χ2v) is 13.3. The number of hydrogen-bond donors (Lipinski definition) is 8. The van der Waals surface area contributed by atoms with E-state index in [9.17, 15) is 45.6 Å². The standard InChI is InChI=1S/C37H43NO12/c1-19(48-2)36(47)38-13-11-37(12-14-38)24-15-20(5-9-26-30(41)34(45)32(43)28(17-39)49-26)3-7-22(24)23-8-4-21(16-25(23)37)6-10-27-31(42)35(46)33(44)29(18-40)50-27/h3-4,7-8,15-16,19,26-35,39-46H,11-14,17-18H2,1-2H3/t19?,26-,27-,28-,29-,30-,31-,32-,33-,34-,35-/m1/s1. The van der Waals surface area contributed by atoms with E-state index in [0.717, 1.165) is 22.3 Å². The van der Waals surface area contributed by atoms with Crippen LogP contribution in [0.1, 0.15) is 42.0 Å². The molecule has 1 amide bonds. The predicted molar refractivity (Wildman–Crippen MR) is 176 cm³/mol. The van der Waals surface area contributed by atoms with Gasteiger partial charge in [0.05, 0.1) is 13.2 Å². The van der Waals surface area contributed by atoms with Gasteiger partial charge in [-0.15, -0.1) is 0 Å². The lowest BCUT2D eigenvalue weighted by atomic mass is 9.70. The smallest absolute Gasteiger partial charge is 0.251 e. The zero-order chi connectivity index (χ0) is 35.9. The van der Waals surface area contributed by atoms with Crippen molar-refractivity contribution >= 4 is 5.91 Å². The van der Waals surface area contributed by atoms with E-state index >= 15 is 0 Å². The van der Waals surface area contributed by atoms with Crippen LogP contribution in [0, 0.1) is 23.7 Å². The summed E-state index contributed by atoms with van der Waals surface area (Å²) in [6, 6.07) is 11.5. The van der Waals surface area contributed by atoms with Crippen molar-refractivity contribution in [3.05, 3.63) is 58.7 Å². The first kappa shape index (κ1) is 36.4. The molecule has 1 unspecified atom stereocenters. The Morgan fingerprint density at radius 3 is 1.62 bits per heavy atom. The third-order valence-corrected chi connectivity index (χ3v) is 10.5. The molecule has 13 heteroatoms. The minimum atomic E-state index is -1.54. The quantitative estimate of drug-likeness (QED) is 0.164. The van der Waals surface area contributed by atoms with Crippen LogP contribution in [-0.2, 0) is 24.4 Å². The molecular weight excluding hydrogens is 650 g/mol. The minimum Gasteiger partial charge on any atom is -0.394 e. The lowest BCUT2D eigenvalue weighted by Crippen LogP contribution is -2.58. The highest BCUT2D eigenvalue weighted by molar-refractivity contribution is 5.84. The van der Waals surface area contributed by atoms with Crippen molar-refractivity contribution in [1.82, 2.24) is 4.90 Å². The number of amides is 1. The van der Waals surface area contributed by atoms with Gasteiger partial charge in [-0.2, -0.15) is 0 Å². The molecule has 3 aliphatic heterocycles. The molecule has 2 aromatic carbocycles. The number of hydrogen-bond acceptors (Lipinski definition) is 12. The molecule has 2 aromatic rings. The molecule has 3 saturated heterocycles. The summed E-state index contributed by atoms with van der Waals surface area (Å²) >= 11 is 0. The highest BCUT2D eigenvalue weighted by Crippen LogP contribution is 2.54. The minimum absolute atomic E-state index is 0.0981. The van der Waals surface area contributed by atoms with Crippen molar-refractivity contribution < 1.29 is 59.9 Å². The van der Waals surface area contributed by atoms with Crippen molar-refractivity contribution in [2.75, 3.05) is 33.4 Å². The van der Waals surface area contributed by atoms with Crippen LogP contribution in [0.3, 0.4) is 0 Å². The van der Waals surface area contributed by atoms with Crippen LogP contribution in [0.4, 0.5) is 0 Å². The van der Waals surface area contributed by atoms with Gasteiger partial charge in [0.2, 0.25) is 0 Å². The molecule has 268 valence electrons. The Labute approximate surface area is 289 Å². The average Bonchev–Trinajstić information content (AvgIpc) is 3.39. The predicted octanol–water partition coefficient (Wildman–Crippen LogP) is -2.00. The summed E-state index contributed by atoms with van der Waals surface area (Å²) in [5, 5.41) is 80.8. The Kier molecular flexibility index (Phi) is 10.7. The fourth-order valence-corrected chi connectivity index (χ4v) is 7.41. The second-order valence-electron chi connectivity index (χ2n) is 13.3. The van der Waals surface area contributed by atoms with Crippen LogP contribution >= 0.6 is 0 Å². The second kappa shape index (κ2) is 14.7. The van der Waals surface area contributed by atoms with Gasteiger partial charge in [0, 0.05) is 36.7 Å². The summed E-state index contributed by atoms with van der Waals surface area (Å²) in [5.41, 5.74) is 4.66. The van der Waals surface area contributed by atoms with E-state index in [1.165, 1.54) is 7.11 Å². The number of carbonyl (C=O) groups excluding carboxylic acids is 1. The maximum absolute atomic E-state index is 13.0. The van der Waals surface area contributed by atoms with Crippen molar-refractivity contribution in [3.8, 4) is 34.8 Å².